The van der Waals surface area contributed by atoms with Gasteiger partial charge in [0, 0.05) is 39.3 Å². The first-order chi connectivity index (χ1) is 11.5. The minimum absolute atomic E-state index is 0.177. The van der Waals surface area contributed by atoms with Crippen LogP contribution >= 0.6 is 11.3 Å². The van der Waals surface area contributed by atoms with Crippen LogP contribution in [0.25, 0.3) is 0 Å². The Balaban J connectivity index is 1.49. The number of nitrogens with zero attached hydrogens (tertiary/aromatic N) is 3. The molecule has 8 heteroatoms. The molecule has 1 aromatic heterocycles. The Morgan fingerprint density at radius 1 is 1.17 bits per heavy atom. The van der Waals surface area contributed by atoms with Crippen LogP contribution in [0, 0.1) is 5.92 Å². The molecule has 1 amide bonds. The molecule has 3 rings (SSSR count). The number of likely N-dealkylation sites (tertiary alicyclic amines) is 1. The summed E-state index contributed by atoms with van der Waals surface area (Å²) in [6.07, 6.45) is 2.16. The van der Waals surface area contributed by atoms with Gasteiger partial charge in [0.15, 0.2) is 0 Å². The smallest absolute Gasteiger partial charge is 0.252 e. The maximum absolute atomic E-state index is 12.5. The van der Waals surface area contributed by atoms with Crippen LogP contribution in [-0.2, 0) is 14.8 Å². The summed E-state index contributed by atoms with van der Waals surface area (Å²) in [5.74, 6) is 0.886. The summed E-state index contributed by atoms with van der Waals surface area (Å²) in [5.41, 5.74) is 0. The van der Waals surface area contributed by atoms with Gasteiger partial charge in [-0.05, 0) is 30.2 Å². The Labute approximate surface area is 148 Å². The third-order valence-electron chi connectivity index (χ3n) is 4.92. The van der Waals surface area contributed by atoms with E-state index in [0.717, 1.165) is 25.9 Å². The molecule has 0 aliphatic carbocycles. The summed E-state index contributed by atoms with van der Waals surface area (Å²) >= 11 is 1.25. The zero-order chi connectivity index (χ0) is 17.2. The number of carbonyl (C=O) groups excluding carboxylic acids is 1. The van der Waals surface area contributed by atoms with E-state index in [1.807, 2.05) is 4.90 Å². The van der Waals surface area contributed by atoms with E-state index in [1.165, 1.54) is 15.6 Å². The maximum atomic E-state index is 12.5. The molecule has 2 aliphatic heterocycles. The monoisotopic (exact) mass is 371 g/mol. The highest BCUT2D eigenvalue weighted by atomic mass is 32.2. The summed E-state index contributed by atoms with van der Waals surface area (Å²) < 4.78 is 26.9. The van der Waals surface area contributed by atoms with Gasteiger partial charge in [0.1, 0.15) is 4.21 Å². The average molecular weight is 372 g/mol. The minimum atomic E-state index is -3.37. The van der Waals surface area contributed by atoms with Gasteiger partial charge in [-0.2, -0.15) is 4.31 Å². The first kappa shape index (κ1) is 17.8. The number of thiophene rings is 1. The van der Waals surface area contributed by atoms with E-state index in [-0.39, 0.29) is 5.91 Å². The van der Waals surface area contributed by atoms with E-state index in [1.54, 1.807) is 17.5 Å². The fraction of sp³-hybridized carbons (Fsp3) is 0.688. The molecule has 0 unspecified atom stereocenters. The highest BCUT2D eigenvalue weighted by Crippen LogP contribution is 2.22. The summed E-state index contributed by atoms with van der Waals surface area (Å²) in [6, 6.07) is 3.40. The fourth-order valence-electron chi connectivity index (χ4n) is 3.21. The van der Waals surface area contributed by atoms with Crippen LogP contribution < -0.4 is 0 Å². The molecule has 0 aromatic carbocycles. The molecule has 0 atom stereocenters. The third kappa shape index (κ3) is 3.99. The molecule has 2 saturated heterocycles. The van der Waals surface area contributed by atoms with Crippen molar-refractivity contribution in [3.63, 3.8) is 0 Å². The standard InChI is InChI=1S/C16H25N3O3S2/c1-14-4-6-18(7-5-14)15(20)13-17-8-10-19(11-9-17)24(21,22)16-3-2-12-23-16/h2-3,12,14H,4-11,13H2,1H3. The second-order valence-corrected chi connectivity index (χ2v) is 9.79. The number of piperazine rings is 1. The van der Waals surface area contributed by atoms with Crippen molar-refractivity contribution in [3.05, 3.63) is 17.5 Å². The quantitative estimate of drug-likeness (QED) is 0.801. The first-order valence-corrected chi connectivity index (χ1v) is 10.8. The van der Waals surface area contributed by atoms with Crippen molar-refractivity contribution >= 4 is 27.3 Å². The predicted molar refractivity (Wildman–Crippen MR) is 94.5 cm³/mol. The molecule has 0 bridgehead atoms. The number of amides is 1. The van der Waals surface area contributed by atoms with Crippen LogP contribution in [0.2, 0.25) is 0 Å². The van der Waals surface area contributed by atoms with Crippen LogP contribution in [-0.4, -0.2) is 74.2 Å². The Bertz CT molecular complexity index is 644. The van der Waals surface area contributed by atoms with E-state index in [0.29, 0.717) is 42.9 Å². The van der Waals surface area contributed by atoms with E-state index in [2.05, 4.69) is 11.8 Å². The molecule has 1 aromatic rings. The summed E-state index contributed by atoms with van der Waals surface area (Å²) in [7, 11) is -3.37. The Hall–Kier alpha value is -0.960. The van der Waals surface area contributed by atoms with Crippen molar-refractivity contribution in [2.75, 3.05) is 45.8 Å². The Morgan fingerprint density at radius 2 is 1.83 bits per heavy atom. The van der Waals surface area contributed by atoms with Crippen molar-refractivity contribution in [3.8, 4) is 0 Å². The van der Waals surface area contributed by atoms with Crippen LogP contribution in [0.4, 0.5) is 0 Å². The lowest BCUT2D eigenvalue weighted by atomic mass is 9.99. The van der Waals surface area contributed by atoms with Crippen LogP contribution in [0.5, 0.6) is 0 Å². The van der Waals surface area contributed by atoms with Crippen LogP contribution in [0.3, 0.4) is 0 Å². The third-order valence-corrected chi connectivity index (χ3v) is 8.19. The lowest BCUT2D eigenvalue weighted by molar-refractivity contribution is -0.134. The summed E-state index contributed by atoms with van der Waals surface area (Å²) in [5, 5.41) is 1.78. The summed E-state index contributed by atoms with van der Waals surface area (Å²) in [6.45, 7) is 6.46. The number of carbonyl (C=O) groups is 1. The van der Waals surface area contributed by atoms with E-state index in [4.69, 9.17) is 0 Å². The zero-order valence-electron chi connectivity index (χ0n) is 14.1. The van der Waals surface area contributed by atoms with Crippen LogP contribution in [0.1, 0.15) is 19.8 Å². The second kappa shape index (κ2) is 7.51. The van der Waals surface area contributed by atoms with Gasteiger partial charge in [-0.1, -0.05) is 13.0 Å². The maximum Gasteiger partial charge on any atom is 0.252 e. The van der Waals surface area contributed by atoms with Gasteiger partial charge in [0.25, 0.3) is 10.0 Å². The summed E-state index contributed by atoms with van der Waals surface area (Å²) in [4.78, 5) is 16.4. The zero-order valence-corrected chi connectivity index (χ0v) is 15.7. The highest BCUT2D eigenvalue weighted by molar-refractivity contribution is 7.91. The minimum Gasteiger partial charge on any atom is -0.342 e. The molecule has 0 radical (unpaired) electrons. The SMILES string of the molecule is CC1CCN(C(=O)CN2CCN(S(=O)(=O)c3cccs3)CC2)CC1. The van der Waals surface area contributed by atoms with Crippen LogP contribution in [0.15, 0.2) is 21.7 Å². The number of piperidine rings is 1. The van der Waals surface area contributed by atoms with Gasteiger partial charge < -0.3 is 4.90 Å². The van der Waals surface area contributed by atoms with Gasteiger partial charge in [0.2, 0.25) is 5.91 Å². The number of hydrogen-bond acceptors (Lipinski definition) is 5. The van der Waals surface area contributed by atoms with E-state index >= 15 is 0 Å². The number of sulfonamides is 1. The van der Waals surface area contributed by atoms with E-state index in [9.17, 15) is 13.2 Å². The van der Waals surface area contributed by atoms with Crippen molar-refractivity contribution in [2.24, 2.45) is 5.92 Å². The largest absolute Gasteiger partial charge is 0.342 e. The first-order valence-electron chi connectivity index (χ1n) is 8.50. The number of hydrogen-bond donors (Lipinski definition) is 0. The van der Waals surface area contributed by atoms with Gasteiger partial charge in [0.05, 0.1) is 6.54 Å². The molecule has 2 fully saturated rings. The lowest BCUT2D eigenvalue weighted by Gasteiger charge is -2.36. The molecule has 0 N–H and O–H groups in total. The van der Waals surface area contributed by atoms with Crippen molar-refractivity contribution in [1.82, 2.24) is 14.1 Å². The molecule has 6 nitrogen and oxygen atoms in total. The second-order valence-electron chi connectivity index (χ2n) is 6.68. The molecule has 0 saturated carbocycles. The molecule has 134 valence electrons. The fourth-order valence-corrected chi connectivity index (χ4v) is 5.78. The molecular formula is C16H25N3O3S2. The number of rotatable bonds is 4. The van der Waals surface area contributed by atoms with Crippen molar-refractivity contribution in [1.29, 1.82) is 0 Å². The Kier molecular flexibility index (Phi) is 5.59. The average Bonchev–Trinajstić information content (AvgIpc) is 3.11. The molecular weight excluding hydrogens is 346 g/mol. The molecule has 0 spiro atoms. The topological polar surface area (TPSA) is 60.9 Å². The van der Waals surface area contributed by atoms with Gasteiger partial charge in [-0.25, -0.2) is 8.42 Å². The molecule has 3 heterocycles. The molecule has 2 aliphatic rings. The highest BCUT2D eigenvalue weighted by Gasteiger charge is 2.30. The normalized spacial score (nSPS) is 22.0. The predicted octanol–water partition coefficient (Wildman–Crippen LogP) is 1.31. The molecule has 24 heavy (non-hydrogen) atoms. The lowest BCUT2D eigenvalue weighted by Crippen LogP contribution is -2.52. The van der Waals surface area contributed by atoms with Crippen molar-refractivity contribution in [2.45, 2.75) is 24.0 Å². The van der Waals surface area contributed by atoms with Gasteiger partial charge in [-0.3, -0.25) is 9.69 Å². The Morgan fingerprint density at radius 3 is 2.42 bits per heavy atom. The van der Waals surface area contributed by atoms with E-state index < -0.39 is 10.0 Å². The van der Waals surface area contributed by atoms with Crippen molar-refractivity contribution < 1.29 is 13.2 Å². The van der Waals surface area contributed by atoms with Gasteiger partial charge in [-0.15, -0.1) is 11.3 Å². The van der Waals surface area contributed by atoms with Gasteiger partial charge >= 0.3 is 0 Å².